The molecule has 0 unspecified atom stereocenters. The molecule has 1 atom stereocenters. The standard InChI is InChI=1S/C17H20N2O3/c20-15(12-22-11-13-5-2-1-3-6-13)10-19-17(21)9-14-7-4-8-16(14)18-19/h1-3,5-6,9,15,20H,4,7-8,10-12H2/t15-/m0/s1. The molecule has 1 aliphatic rings. The van der Waals surface area contributed by atoms with Crippen LogP contribution in [0.1, 0.15) is 23.2 Å². The van der Waals surface area contributed by atoms with E-state index in [4.69, 9.17) is 4.74 Å². The molecular formula is C17H20N2O3. The van der Waals surface area contributed by atoms with Crippen LogP contribution in [0.2, 0.25) is 0 Å². The van der Waals surface area contributed by atoms with Gasteiger partial charge in [0.15, 0.2) is 0 Å². The van der Waals surface area contributed by atoms with Crippen LogP contribution in [0.25, 0.3) is 0 Å². The number of aryl methyl sites for hydroxylation is 2. The monoisotopic (exact) mass is 300 g/mol. The van der Waals surface area contributed by atoms with Gasteiger partial charge >= 0.3 is 0 Å². The van der Waals surface area contributed by atoms with Crippen LogP contribution >= 0.6 is 0 Å². The molecule has 1 aromatic heterocycles. The van der Waals surface area contributed by atoms with Crippen LogP contribution in [0.5, 0.6) is 0 Å². The summed E-state index contributed by atoms with van der Waals surface area (Å²) in [5.41, 5.74) is 2.94. The first kappa shape index (κ1) is 14.9. The Morgan fingerprint density at radius 1 is 1.27 bits per heavy atom. The Morgan fingerprint density at radius 3 is 2.91 bits per heavy atom. The third-order valence-corrected chi connectivity index (χ3v) is 3.83. The van der Waals surface area contributed by atoms with E-state index in [0.29, 0.717) is 6.61 Å². The molecule has 0 saturated carbocycles. The SMILES string of the molecule is O=c1cc2c(nn1C[C@H](O)COCc1ccccc1)CCC2. The summed E-state index contributed by atoms with van der Waals surface area (Å²) in [5.74, 6) is 0. The number of ether oxygens (including phenoxy) is 1. The average molecular weight is 300 g/mol. The highest BCUT2D eigenvalue weighted by Crippen LogP contribution is 2.16. The van der Waals surface area contributed by atoms with Crippen molar-refractivity contribution in [1.29, 1.82) is 0 Å². The van der Waals surface area contributed by atoms with E-state index in [-0.39, 0.29) is 18.7 Å². The fourth-order valence-electron chi connectivity index (χ4n) is 2.71. The number of aliphatic hydroxyl groups excluding tert-OH is 1. The highest BCUT2D eigenvalue weighted by molar-refractivity contribution is 5.22. The minimum Gasteiger partial charge on any atom is -0.389 e. The normalized spacial score (nSPS) is 14.8. The Labute approximate surface area is 129 Å². The zero-order chi connectivity index (χ0) is 15.4. The first-order valence-corrected chi connectivity index (χ1v) is 7.62. The second-order valence-corrected chi connectivity index (χ2v) is 5.64. The largest absolute Gasteiger partial charge is 0.389 e. The first-order valence-electron chi connectivity index (χ1n) is 7.62. The van der Waals surface area contributed by atoms with Crippen molar-refractivity contribution >= 4 is 0 Å². The first-order chi connectivity index (χ1) is 10.7. The van der Waals surface area contributed by atoms with E-state index >= 15 is 0 Å². The third-order valence-electron chi connectivity index (χ3n) is 3.83. The molecule has 1 heterocycles. The van der Waals surface area contributed by atoms with Crippen molar-refractivity contribution in [3.8, 4) is 0 Å². The van der Waals surface area contributed by atoms with Crippen molar-refractivity contribution < 1.29 is 9.84 Å². The Balaban J connectivity index is 1.54. The lowest BCUT2D eigenvalue weighted by Gasteiger charge is -2.13. The number of fused-ring (bicyclic) bond motifs is 1. The molecule has 0 amide bonds. The molecule has 2 aromatic rings. The predicted molar refractivity (Wildman–Crippen MR) is 82.6 cm³/mol. The Morgan fingerprint density at radius 2 is 2.09 bits per heavy atom. The third kappa shape index (κ3) is 3.61. The molecule has 0 radical (unpaired) electrons. The van der Waals surface area contributed by atoms with Crippen LogP contribution in [-0.4, -0.2) is 27.6 Å². The molecule has 1 aliphatic carbocycles. The Kier molecular flexibility index (Phi) is 4.65. The van der Waals surface area contributed by atoms with E-state index in [0.717, 1.165) is 36.1 Å². The van der Waals surface area contributed by atoms with Gasteiger partial charge in [0.2, 0.25) is 0 Å². The maximum Gasteiger partial charge on any atom is 0.267 e. The van der Waals surface area contributed by atoms with E-state index in [1.807, 2.05) is 30.3 Å². The van der Waals surface area contributed by atoms with Gasteiger partial charge in [-0.1, -0.05) is 30.3 Å². The molecule has 0 saturated heterocycles. The summed E-state index contributed by atoms with van der Waals surface area (Å²) >= 11 is 0. The average Bonchev–Trinajstić information content (AvgIpc) is 2.96. The molecule has 116 valence electrons. The second kappa shape index (κ2) is 6.85. The number of aliphatic hydroxyl groups is 1. The van der Waals surface area contributed by atoms with Gasteiger partial charge in [0.05, 0.1) is 31.6 Å². The highest BCUT2D eigenvalue weighted by Gasteiger charge is 2.16. The fraction of sp³-hybridized carbons (Fsp3) is 0.412. The van der Waals surface area contributed by atoms with Gasteiger partial charge in [-0.3, -0.25) is 4.79 Å². The van der Waals surface area contributed by atoms with Crippen molar-refractivity contribution in [3.05, 3.63) is 63.6 Å². The van der Waals surface area contributed by atoms with Gasteiger partial charge in [0.25, 0.3) is 5.56 Å². The van der Waals surface area contributed by atoms with Crippen LogP contribution in [0.15, 0.2) is 41.2 Å². The number of hydrogen-bond acceptors (Lipinski definition) is 4. The summed E-state index contributed by atoms with van der Waals surface area (Å²) < 4.78 is 6.84. The van der Waals surface area contributed by atoms with Crippen molar-refractivity contribution in [1.82, 2.24) is 9.78 Å². The second-order valence-electron chi connectivity index (χ2n) is 5.64. The minimum atomic E-state index is -0.742. The molecule has 0 aliphatic heterocycles. The van der Waals surface area contributed by atoms with E-state index in [9.17, 15) is 9.90 Å². The summed E-state index contributed by atoms with van der Waals surface area (Å²) in [7, 11) is 0. The van der Waals surface area contributed by atoms with Gasteiger partial charge in [0, 0.05) is 6.07 Å². The lowest BCUT2D eigenvalue weighted by Crippen LogP contribution is -2.31. The zero-order valence-corrected chi connectivity index (χ0v) is 12.4. The van der Waals surface area contributed by atoms with Crippen LogP contribution in [0.4, 0.5) is 0 Å². The summed E-state index contributed by atoms with van der Waals surface area (Å²) in [4.78, 5) is 12.0. The molecule has 1 N–H and O–H groups in total. The Hall–Kier alpha value is -1.98. The van der Waals surface area contributed by atoms with Crippen LogP contribution in [-0.2, 0) is 30.7 Å². The molecular weight excluding hydrogens is 280 g/mol. The van der Waals surface area contributed by atoms with Crippen molar-refractivity contribution in [3.63, 3.8) is 0 Å². The van der Waals surface area contributed by atoms with Gasteiger partial charge in [-0.2, -0.15) is 5.10 Å². The molecule has 1 aromatic carbocycles. The van der Waals surface area contributed by atoms with E-state index in [1.165, 1.54) is 4.68 Å². The summed E-state index contributed by atoms with van der Waals surface area (Å²) in [5, 5.41) is 14.4. The number of rotatable bonds is 6. The maximum atomic E-state index is 12.0. The van der Waals surface area contributed by atoms with Gasteiger partial charge < -0.3 is 9.84 Å². The fourth-order valence-corrected chi connectivity index (χ4v) is 2.71. The van der Waals surface area contributed by atoms with Crippen molar-refractivity contribution in [2.45, 2.75) is 38.5 Å². The molecule has 0 spiro atoms. The maximum absolute atomic E-state index is 12.0. The van der Waals surface area contributed by atoms with Gasteiger partial charge in [-0.05, 0) is 30.4 Å². The van der Waals surface area contributed by atoms with Crippen LogP contribution < -0.4 is 5.56 Å². The predicted octanol–water partition coefficient (Wildman–Crippen LogP) is 1.31. The summed E-state index contributed by atoms with van der Waals surface area (Å²) in [6.45, 7) is 0.797. The molecule has 5 nitrogen and oxygen atoms in total. The van der Waals surface area contributed by atoms with Gasteiger partial charge in [-0.25, -0.2) is 4.68 Å². The smallest absolute Gasteiger partial charge is 0.267 e. The van der Waals surface area contributed by atoms with Gasteiger partial charge in [-0.15, -0.1) is 0 Å². The van der Waals surface area contributed by atoms with E-state index in [1.54, 1.807) is 6.07 Å². The van der Waals surface area contributed by atoms with E-state index in [2.05, 4.69) is 5.10 Å². The lowest BCUT2D eigenvalue weighted by molar-refractivity contribution is 0.0179. The van der Waals surface area contributed by atoms with Crippen LogP contribution in [0.3, 0.4) is 0 Å². The molecule has 5 heteroatoms. The molecule has 22 heavy (non-hydrogen) atoms. The summed E-state index contributed by atoms with van der Waals surface area (Å²) in [6.07, 6.45) is 2.15. The van der Waals surface area contributed by atoms with Crippen molar-refractivity contribution in [2.75, 3.05) is 6.61 Å². The van der Waals surface area contributed by atoms with Crippen molar-refractivity contribution in [2.24, 2.45) is 0 Å². The molecule has 0 bridgehead atoms. The quantitative estimate of drug-likeness (QED) is 0.873. The highest BCUT2D eigenvalue weighted by atomic mass is 16.5. The number of nitrogens with zero attached hydrogens (tertiary/aromatic N) is 2. The molecule has 0 fully saturated rings. The number of aromatic nitrogens is 2. The van der Waals surface area contributed by atoms with Gasteiger partial charge in [0.1, 0.15) is 0 Å². The lowest BCUT2D eigenvalue weighted by atomic mass is 10.2. The van der Waals surface area contributed by atoms with Crippen LogP contribution in [0, 0.1) is 0 Å². The van der Waals surface area contributed by atoms with E-state index < -0.39 is 6.10 Å². The number of hydrogen-bond donors (Lipinski definition) is 1. The Bertz CT molecular complexity index is 682. The number of benzene rings is 1. The molecule has 3 rings (SSSR count). The summed E-state index contributed by atoms with van der Waals surface area (Å²) in [6, 6.07) is 11.4. The zero-order valence-electron chi connectivity index (χ0n) is 12.4. The minimum absolute atomic E-state index is 0.150. The topological polar surface area (TPSA) is 64.4 Å².